The molecule has 0 saturated carbocycles. The van der Waals surface area contributed by atoms with Gasteiger partial charge in [0, 0.05) is 6.54 Å². The first-order valence-electron chi connectivity index (χ1n) is 4.10. The molecule has 0 spiro atoms. The van der Waals surface area contributed by atoms with Crippen LogP contribution >= 0.6 is 0 Å². The molecule has 5 heteroatoms. The minimum absolute atomic E-state index is 0.337. The zero-order chi connectivity index (χ0) is 9.84. The molecule has 0 saturated heterocycles. The monoisotopic (exact) mass is 183 g/mol. The minimum Gasteiger partial charge on any atom is -0.464 e. The molecule has 0 aliphatic carbocycles. The van der Waals surface area contributed by atoms with Crippen molar-refractivity contribution in [3.8, 4) is 0 Å². The maximum atomic E-state index is 11.2. The molecule has 0 bridgehead atoms. The van der Waals surface area contributed by atoms with Crippen molar-refractivity contribution in [3.63, 3.8) is 0 Å². The van der Waals surface area contributed by atoms with Gasteiger partial charge in [-0.3, -0.25) is 4.68 Å². The van der Waals surface area contributed by atoms with E-state index in [9.17, 15) is 4.79 Å². The number of anilines is 1. The highest BCUT2D eigenvalue weighted by molar-refractivity contribution is 5.92. The number of nitrogen functional groups attached to an aromatic ring is 1. The lowest BCUT2D eigenvalue weighted by Gasteiger charge is -2.04. The van der Waals surface area contributed by atoms with E-state index in [0.717, 1.165) is 6.42 Å². The van der Waals surface area contributed by atoms with E-state index in [1.807, 2.05) is 6.92 Å². The average Bonchev–Trinajstić information content (AvgIpc) is 2.47. The Kier molecular flexibility index (Phi) is 2.89. The van der Waals surface area contributed by atoms with Crippen LogP contribution in [0, 0.1) is 0 Å². The molecule has 0 aliphatic heterocycles. The number of rotatable bonds is 3. The van der Waals surface area contributed by atoms with Gasteiger partial charge in [-0.15, -0.1) is 0 Å². The average molecular weight is 183 g/mol. The first kappa shape index (κ1) is 9.57. The first-order chi connectivity index (χ1) is 6.20. The van der Waals surface area contributed by atoms with Crippen LogP contribution in [0.4, 0.5) is 5.69 Å². The molecule has 1 aromatic heterocycles. The molecule has 0 aliphatic rings. The van der Waals surface area contributed by atoms with E-state index in [-0.39, 0.29) is 0 Å². The van der Waals surface area contributed by atoms with Crippen LogP contribution in [-0.2, 0) is 11.3 Å². The Hall–Kier alpha value is -1.52. The summed E-state index contributed by atoms with van der Waals surface area (Å²) in [6.45, 7) is 2.67. The topological polar surface area (TPSA) is 70.1 Å². The third-order valence-electron chi connectivity index (χ3n) is 1.68. The summed E-state index contributed by atoms with van der Waals surface area (Å²) in [6, 6.07) is 0. The van der Waals surface area contributed by atoms with Crippen LogP contribution in [0.5, 0.6) is 0 Å². The van der Waals surface area contributed by atoms with E-state index in [2.05, 4.69) is 9.84 Å². The maximum absolute atomic E-state index is 11.2. The van der Waals surface area contributed by atoms with Gasteiger partial charge in [-0.1, -0.05) is 6.92 Å². The number of esters is 1. The number of methoxy groups -OCH3 is 1. The summed E-state index contributed by atoms with van der Waals surface area (Å²) in [5.74, 6) is -0.441. The number of hydrogen-bond donors (Lipinski definition) is 1. The molecule has 13 heavy (non-hydrogen) atoms. The Morgan fingerprint density at radius 2 is 2.46 bits per heavy atom. The third kappa shape index (κ3) is 1.80. The fourth-order valence-corrected chi connectivity index (χ4v) is 1.10. The molecule has 2 N–H and O–H groups in total. The van der Waals surface area contributed by atoms with Gasteiger partial charge in [0.2, 0.25) is 0 Å². The molecule has 0 aromatic carbocycles. The van der Waals surface area contributed by atoms with Crippen LogP contribution in [0.3, 0.4) is 0 Å². The Balaban J connectivity index is 3.01. The summed E-state index contributed by atoms with van der Waals surface area (Å²) in [7, 11) is 1.32. The van der Waals surface area contributed by atoms with E-state index < -0.39 is 5.97 Å². The molecular formula is C8H13N3O2. The van der Waals surface area contributed by atoms with Gasteiger partial charge in [0.25, 0.3) is 0 Å². The van der Waals surface area contributed by atoms with Crippen LogP contribution in [0.15, 0.2) is 6.20 Å². The summed E-state index contributed by atoms with van der Waals surface area (Å²) < 4.78 is 6.14. The van der Waals surface area contributed by atoms with E-state index in [0.29, 0.717) is 17.9 Å². The van der Waals surface area contributed by atoms with Gasteiger partial charge in [-0.25, -0.2) is 4.79 Å². The highest BCUT2D eigenvalue weighted by Gasteiger charge is 2.16. The summed E-state index contributed by atoms with van der Waals surface area (Å²) in [5.41, 5.74) is 6.26. The molecule has 0 fully saturated rings. The zero-order valence-electron chi connectivity index (χ0n) is 7.78. The molecule has 1 rings (SSSR count). The standard InChI is InChI=1S/C8H13N3O2/c1-3-4-11-7(8(12)13-2)6(9)5-10-11/h5H,3-4,9H2,1-2H3. The summed E-state index contributed by atoms with van der Waals surface area (Å²) in [4.78, 5) is 11.2. The van der Waals surface area contributed by atoms with Gasteiger partial charge >= 0.3 is 5.97 Å². The van der Waals surface area contributed by atoms with Crippen molar-refractivity contribution in [1.82, 2.24) is 9.78 Å². The fourth-order valence-electron chi connectivity index (χ4n) is 1.10. The quantitative estimate of drug-likeness (QED) is 0.699. The number of hydrogen-bond acceptors (Lipinski definition) is 4. The van der Waals surface area contributed by atoms with Gasteiger partial charge in [-0.05, 0) is 6.42 Å². The molecule has 0 radical (unpaired) electrons. The molecule has 1 heterocycles. The Bertz CT molecular complexity index is 306. The van der Waals surface area contributed by atoms with E-state index >= 15 is 0 Å². The Morgan fingerprint density at radius 1 is 1.77 bits per heavy atom. The molecule has 1 aromatic rings. The van der Waals surface area contributed by atoms with Crippen LogP contribution in [0.25, 0.3) is 0 Å². The van der Waals surface area contributed by atoms with Crippen LogP contribution < -0.4 is 5.73 Å². The van der Waals surface area contributed by atoms with Crippen LogP contribution in [0.2, 0.25) is 0 Å². The molecule has 5 nitrogen and oxygen atoms in total. The number of carbonyl (C=O) groups is 1. The van der Waals surface area contributed by atoms with Gasteiger partial charge in [0.1, 0.15) is 0 Å². The van der Waals surface area contributed by atoms with Crippen molar-refractivity contribution < 1.29 is 9.53 Å². The molecule has 0 amide bonds. The zero-order valence-corrected chi connectivity index (χ0v) is 7.78. The predicted octanol–water partition coefficient (Wildman–Crippen LogP) is 0.662. The van der Waals surface area contributed by atoms with Crippen molar-refractivity contribution in [2.75, 3.05) is 12.8 Å². The molecule has 0 unspecified atom stereocenters. The highest BCUT2D eigenvalue weighted by atomic mass is 16.5. The van der Waals surface area contributed by atoms with Gasteiger partial charge < -0.3 is 10.5 Å². The SMILES string of the molecule is CCCn1ncc(N)c1C(=O)OC. The van der Waals surface area contributed by atoms with Crippen molar-refractivity contribution in [3.05, 3.63) is 11.9 Å². The van der Waals surface area contributed by atoms with Crippen molar-refractivity contribution in [1.29, 1.82) is 0 Å². The lowest BCUT2D eigenvalue weighted by molar-refractivity contribution is 0.0587. The first-order valence-corrected chi connectivity index (χ1v) is 4.10. The van der Waals surface area contributed by atoms with E-state index in [1.165, 1.54) is 13.3 Å². The summed E-state index contributed by atoms with van der Waals surface area (Å²) in [5, 5.41) is 3.97. The number of carbonyl (C=O) groups excluding carboxylic acids is 1. The fraction of sp³-hybridized carbons (Fsp3) is 0.500. The Labute approximate surface area is 76.5 Å². The van der Waals surface area contributed by atoms with Crippen LogP contribution in [0.1, 0.15) is 23.8 Å². The van der Waals surface area contributed by atoms with Crippen molar-refractivity contribution in [2.24, 2.45) is 0 Å². The lowest BCUT2D eigenvalue weighted by atomic mass is 10.3. The number of aromatic nitrogens is 2. The van der Waals surface area contributed by atoms with Gasteiger partial charge in [0.15, 0.2) is 5.69 Å². The molecule has 0 atom stereocenters. The number of aryl methyl sites for hydroxylation is 1. The second-order valence-electron chi connectivity index (χ2n) is 2.66. The van der Waals surface area contributed by atoms with Crippen molar-refractivity contribution >= 4 is 11.7 Å². The highest BCUT2D eigenvalue weighted by Crippen LogP contribution is 2.12. The third-order valence-corrected chi connectivity index (χ3v) is 1.68. The lowest BCUT2D eigenvalue weighted by Crippen LogP contribution is -2.13. The predicted molar refractivity (Wildman–Crippen MR) is 48.3 cm³/mol. The number of ether oxygens (including phenoxy) is 1. The smallest absolute Gasteiger partial charge is 0.358 e. The van der Waals surface area contributed by atoms with Crippen molar-refractivity contribution in [2.45, 2.75) is 19.9 Å². The van der Waals surface area contributed by atoms with Crippen LogP contribution in [-0.4, -0.2) is 22.9 Å². The van der Waals surface area contributed by atoms with E-state index in [1.54, 1.807) is 4.68 Å². The Morgan fingerprint density at radius 3 is 3.00 bits per heavy atom. The maximum Gasteiger partial charge on any atom is 0.358 e. The second kappa shape index (κ2) is 3.93. The number of nitrogens with zero attached hydrogens (tertiary/aromatic N) is 2. The normalized spacial score (nSPS) is 10.0. The minimum atomic E-state index is -0.441. The molecule has 72 valence electrons. The van der Waals surface area contributed by atoms with Gasteiger partial charge in [-0.2, -0.15) is 5.10 Å². The summed E-state index contributed by atoms with van der Waals surface area (Å²) >= 11 is 0. The summed E-state index contributed by atoms with van der Waals surface area (Å²) in [6.07, 6.45) is 2.35. The number of nitrogens with two attached hydrogens (primary N) is 1. The van der Waals surface area contributed by atoms with Gasteiger partial charge in [0.05, 0.1) is 19.0 Å². The van der Waals surface area contributed by atoms with E-state index in [4.69, 9.17) is 5.73 Å². The largest absolute Gasteiger partial charge is 0.464 e. The second-order valence-corrected chi connectivity index (χ2v) is 2.66. The molecular weight excluding hydrogens is 170 g/mol.